The highest BCUT2D eigenvalue weighted by atomic mass is 32.1. The molecular formula is C24H39N5OS. The van der Waals surface area contributed by atoms with Gasteiger partial charge in [-0.3, -0.25) is 4.79 Å². The van der Waals surface area contributed by atoms with E-state index >= 15 is 0 Å². The number of hydrogen-bond acceptors (Lipinski definition) is 4. The zero-order valence-electron chi connectivity index (χ0n) is 20.0. The van der Waals surface area contributed by atoms with E-state index in [0.717, 1.165) is 67.7 Å². The van der Waals surface area contributed by atoms with Crippen molar-refractivity contribution in [2.24, 2.45) is 0 Å². The Bertz CT molecular complexity index is 920. The second kappa shape index (κ2) is 12.2. The molecule has 2 rings (SSSR count). The molecule has 0 saturated carbocycles. The van der Waals surface area contributed by atoms with E-state index in [1.807, 2.05) is 19.1 Å². The summed E-state index contributed by atoms with van der Waals surface area (Å²) in [7, 11) is 4.15. The first-order valence-corrected chi connectivity index (χ1v) is 11.7. The van der Waals surface area contributed by atoms with Crippen LogP contribution in [0.4, 0.5) is 0 Å². The number of thiocarbonyl (C=S) groups is 1. The highest BCUT2D eigenvalue weighted by molar-refractivity contribution is 7.80. The highest BCUT2D eigenvalue weighted by Gasteiger charge is 2.15. The maximum absolute atomic E-state index is 12.8. The van der Waals surface area contributed by atoms with Gasteiger partial charge >= 0.3 is 0 Å². The van der Waals surface area contributed by atoms with Gasteiger partial charge in [-0.25, -0.2) is 0 Å². The van der Waals surface area contributed by atoms with Crippen LogP contribution in [0.2, 0.25) is 0 Å². The zero-order chi connectivity index (χ0) is 23.0. The van der Waals surface area contributed by atoms with Crippen molar-refractivity contribution in [3.63, 3.8) is 0 Å². The second-order valence-electron chi connectivity index (χ2n) is 8.50. The Morgan fingerprint density at radius 3 is 2.42 bits per heavy atom. The van der Waals surface area contributed by atoms with Crippen molar-refractivity contribution in [3.05, 3.63) is 45.2 Å². The number of aromatic amines is 1. The third kappa shape index (κ3) is 7.59. The Labute approximate surface area is 192 Å². The van der Waals surface area contributed by atoms with Crippen LogP contribution in [0, 0.1) is 13.8 Å². The normalized spacial score (nSPS) is 11.5. The number of aryl methyl sites for hydroxylation is 2. The van der Waals surface area contributed by atoms with Crippen LogP contribution < -0.4 is 10.9 Å². The van der Waals surface area contributed by atoms with E-state index in [1.165, 1.54) is 5.56 Å². The van der Waals surface area contributed by atoms with E-state index in [4.69, 9.17) is 12.2 Å². The molecule has 0 fully saturated rings. The molecule has 0 saturated heterocycles. The van der Waals surface area contributed by atoms with Crippen LogP contribution in [-0.4, -0.2) is 78.2 Å². The fraction of sp³-hybridized carbons (Fsp3) is 0.583. The van der Waals surface area contributed by atoms with Crippen molar-refractivity contribution in [1.29, 1.82) is 0 Å². The van der Waals surface area contributed by atoms with Gasteiger partial charge in [0.2, 0.25) is 0 Å². The quantitative estimate of drug-likeness (QED) is 0.409. The van der Waals surface area contributed by atoms with E-state index in [9.17, 15) is 4.79 Å². The van der Waals surface area contributed by atoms with E-state index in [2.05, 4.69) is 65.9 Å². The van der Waals surface area contributed by atoms with E-state index in [1.54, 1.807) is 0 Å². The number of benzene rings is 1. The maximum Gasteiger partial charge on any atom is 0.253 e. The van der Waals surface area contributed by atoms with Crippen molar-refractivity contribution in [2.45, 2.75) is 40.7 Å². The predicted molar refractivity (Wildman–Crippen MR) is 136 cm³/mol. The number of pyridine rings is 1. The summed E-state index contributed by atoms with van der Waals surface area (Å²) in [5.41, 5.74) is 3.92. The number of nitrogens with one attached hydrogen (secondary N) is 2. The lowest BCUT2D eigenvalue weighted by atomic mass is 10.0. The fourth-order valence-corrected chi connectivity index (χ4v) is 4.05. The molecule has 2 aromatic rings. The number of nitrogens with zero attached hydrogens (tertiary/aromatic N) is 3. The Hall–Kier alpha value is -1.96. The first-order valence-electron chi connectivity index (χ1n) is 11.3. The molecule has 31 heavy (non-hydrogen) atoms. The molecule has 0 spiro atoms. The molecule has 0 aliphatic carbocycles. The van der Waals surface area contributed by atoms with Crippen LogP contribution >= 0.6 is 12.2 Å². The molecule has 6 nitrogen and oxygen atoms in total. The molecule has 1 aromatic heterocycles. The average Bonchev–Trinajstić information content (AvgIpc) is 2.71. The molecule has 2 N–H and O–H groups in total. The molecule has 0 radical (unpaired) electrons. The van der Waals surface area contributed by atoms with Gasteiger partial charge in [-0.2, -0.15) is 0 Å². The highest BCUT2D eigenvalue weighted by Crippen LogP contribution is 2.19. The molecule has 0 amide bonds. The van der Waals surface area contributed by atoms with Crippen molar-refractivity contribution in [2.75, 3.05) is 53.4 Å². The number of hydrogen-bond donors (Lipinski definition) is 2. The number of likely N-dealkylation sites (N-methyl/N-ethyl adjacent to an activating group) is 1. The Kier molecular flexibility index (Phi) is 9.93. The Morgan fingerprint density at radius 1 is 1.06 bits per heavy atom. The van der Waals surface area contributed by atoms with Crippen LogP contribution in [0.15, 0.2) is 23.0 Å². The summed E-state index contributed by atoms with van der Waals surface area (Å²) in [6.07, 6.45) is 1.02. The van der Waals surface area contributed by atoms with Gasteiger partial charge in [0.15, 0.2) is 5.11 Å². The van der Waals surface area contributed by atoms with E-state index in [-0.39, 0.29) is 5.56 Å². The van der Waals surface area contributed by atoms with Crippen LogP contribution in [0.1, 0.15) is 37.0 Å². The summed E-state index contributed by atoms with van der Waals surface area (Å²) in [6, 6.07) is 6.21. The van der Waals surface area contributed by atoms with Gasteiger partial charge in [0.1, 0.15) is 0 Å². The second-order valence-corrected chi connectivity index (χ2v) is 8.89. The fourth-order valence-electron chi connectivity index (χ4n) is 3.80. The molecular weight excluding hydrogens is 406 g/mol. The minimum atomic E-state index is -0.0410. The molecule has 0 atom stereocenters. The molecule has 0 bridgehead atoms. The predicted octanol–water partition coefficient (Wildman–Crippen LogP) is 3.11. The van der Waals surface area contributed by atoms with Crippen molar-refractivity contribution in [1.82, 2.24) is 25.0 Å². The summed E-state index contributed by atoms with van der Waals surface area (Å²) in [5, 5.41) is 5.20. The minimum Gasteiger partial charge on any atom is -0.363 e. The van der Waals surface area contributed by atoms with Gasteiger partial charge in [0.05, 0.1) is 6.54 Å². The Morgan fingerprint density at radius 2 is 1.77 bits per heavy atom. The van der Waals surface area contributed by atoms with Gasteiger partial charge in [-0.15, -0.1) is 0 Å². The largest absolute Gasteiger partial charge is 0.363 e. The smallest absolute Gasteiger partial charge is 0.253 e. The summed E-state index contributed by atoms with van der Waals surface area (Å²) >= 11 is 5.73. The van der Waals surface area contributed by atoms with Crippen LogP contribution in [0.3, 0.4) is 0 Å². The summed E-state index contributed by atoms with van der Waals surface area (Å²) in [6.45, 7) is 14.5. The van der Waals surface area contributed by atoms with Crippen LogP contribution in [0.25, 0.3) is 10.9 Å². The monoisotopic (exact) mass is 445 g/mol. The van der Waals surface area contributed by atoms with Gasteiger partial charge in [-0.05, 0) is 89.5 Å². The molecule has 0 aliphatic heterocycles. The van der Waals surface area contributed by atoms with Gasteiger partial charge < -0.3 is 25.0 Å². The first kappa shape index (κ1) is 25.3. The van der Waals surface area contributed by atoms with E-state index < -0.39 is 0 Å². The number of fused-ring (bicyclic) bond motifs is 1. The average molecular weight is 446 g/mol. The van der Waals surface area contributed by atoms with Gasteiger partial charge in [0.25, 0.3) is 5.56 Å². The first-order chi connectivity index (χ1) is 14.7. The van der Waals surface area contributed by atoms with Gasteiger partial charge in [0, 0.05) is 36.1 Å². The van der Waals surface area contributed by atoms with Crippen LogP contribution in [-0.2, 0) is 6.54 Å². The number of H-pyrrole nitrogens is 1. The molecule has 1 heterocycles. The summed E-state index contributed by atoms with van der Waals surface area (Å²) in [5.74, 6) is 0. The third-order valence-electron chi connectivity index (χ3n) is 5.68. The van der Waals surface area contributed by atoms with Crippen LogP contribution in [0.5, 0.6) is 0 Å². The topological polar surface area (TPSA) is 54.6 Å². The molecule has 0 aliphatic rings. The molecule has 0 unspecified atom stereocenters. The molecule has 1 aromatic carbocycles. The third-order valence-corrected chi connectivity index (χ3v) is 6.08. The molecule has 7 heteroatoms. The lowest BCUT2D eigenvalue weighted by Crippen LogP contribution is -2.44. The van der Waals surface area contributed by atoms with Gasteiger partial charge in [-0.1, -0.05) is 19.9 Å². The number of aromatic nitrogens is 1. The lowest BCUT2D eigenvalue weighted by Gasteiger charge is -2.29. The minimum absolute atomic E-state index is 0.0410. The SMILES string of the molecule is CCN(CC)CCN(Cc1cc2c(C)cc(C)cc2[nH]c1=O)C(=S)NCCCN(C)C. The van der Waals surface area contributed by atoms with Crippen molar-refractivity contribution < 1.29 is 0 Å². The van der Waals surface area contributed by atoms with Crippen molar-refractivity contribution >= 4 is 28.2 Å². The Balaban J connectivity index is 2.21. The lowest BCUT2D eigenvalue weighted by molar-refractivity contribution is 0.263. The summed E-state index contributed by atoms with van der Waals surface area (Å²) < 4.78 is 0. The maximum atomic E-state index is 12.8. The van der Waals surface area contributed by atoms with Crippen molar-refractivity contribution in [3.8, 4) is 0 Å². The van der Waals surface area contributed by atoms with E-state index in [0.29, 0.717) is 11.7 Å². The standard InChI is InChI=1S/C24H39N5OS/c1-7-28(8-2)12-13-29(24(31)25-10-9-11-27(5)6)17-20-16-21-19(4)14-18(3)15-22(21)26-23(20)30/h14-16H,7-13,17H2,1-6H3,(H,25,31)(H,26,30). The summed E-state index contributed by atoms with van der Waals surface area (Å²) in [4.78, 5) is 22.6. The molecule has 172 valence electrons. The zero-order valence-corrected chi connectivity index (χ0v) is 20.9. The number of rotatable bonds is 11.